The number of benzene rings is 1. The van der Waals surface area contributed by atoms with E-state index >= 15 is 0 Å². The van der Waals surface area contributed by atoms with E-state index in [1.165, 1.54) is 4.90 Å². The summed E-state index contributed by atoms with van der Waals surface area (Å²) in [5, 5.41) is 0. The molecule has 4 nitrogen and oxygen atoms in total. The van der Waals surface area contributed by atoms with E-state index in [1.54, 1.807) is 11.8 Å². The Morgan fingerprint density at radius 2 is 1.95 bits per heavy atom. The van der Waals surface area contributed by atoms with Crippen LogP contribution in [-0.2, 0) is 14.8 Å². The van der Waals surface area contributed by atoms with Gasteiger partial charge in [0.15, 0.2) is 0 Å². The minimum absolute atomic E-state index is 0.177. The summed E-state index contributed by atoms with van der Waals surface area (Å²) in [6.07, 6.45) is 0.629. The molecule has 6 heteroatoms. The van der Waals surface area contributed by atoms with Gasteiger partial charge in [-0.1, -0.05) is 25.1 Å². The number of hydrogen-bond donors (Lipinski definition) is 1. The minimum Gasteiger partial charge on any atom is -0.379 e. The summed E-state index contributed by atoms with van der Waals surface area (Å²) in [7, 11) is -3.10. The Bertz CT molecular complexity index is 434. The van der Waals surface area contributed by atoms with Gasteiger partial charge in [0.25, 0.3) is 0 Å². The molecule has 0 aliphatic rings. The molecule has 0 spiro atoms. The molecule has 0 aromatic heterocycles. The van der Waals surface area contributed by atoms with Gasteiger partial charge in [0.2, 0.25) is 10.0 Å². The molecule has 0 atom stereocenters. The lowest BCUT2D eigenvalue weighted by Crippen LogP contribution is -2.29. The molecule has 0 bridgehead atoms. The normalized spacial score (nSPS) is 11.6. The van der Waals surface area contributed by atoms with Gasteiger partial charge in [-0.15, -0.1) is 11.8 Å². The Kier molecular flexibility index (Phi) is 8.13. The van der Waals surface area contributed by atoms with Crippen LogP contribution in [0.5, 0.6) is 0 Å². The van der Waals surface area contributed by atoms with Crippen molar-refractivity contribution in [2.45, 2.75) is 18.2 Å². The molecule has 0 saturated carbocycles. The number of rotatable bonds is 10. The smallest absolute Gasteiger partial charge is 0.211 e. The monoisotopic (exact) mass is 303 g/mol. The standard InChI is InChI=1S/C13H21NO3S2/c1-2-12-19(15,16)14-8-9-17-10-11-18-13-6-4-3-5-7-13/h3-7,14H,2,8-12H2,1H3. The molecule has 19 heavy (non-hydrogen) atoms. The summed E-state index contributed by atoms with van der Waals surface area (Å²) in [6.45, 7) is 3.22. The van der Waals surface area contributed by atoms with E-state index in [0.717, 1.165) is 5.75 Å². The van der Waals surface area contributed by atoms with Crippen molar-refractivity contribution in [3.05, 3.63) is 30.3 Å². The third kappa shape index (κ3) is 8.26. The van der Waals surface area contributed by atoms with E-state index in [4.69, 9.17) is 4.74 Å². The average molecular weight is 303 g/mol. The van der Waals surface area contributed by atoms with Crippen molar-refractivity contribution in [1.82, 2.24) is 4.72 Å². The first kappa shape index (κ1) is 16.5. The van der Waals surface area contributed by atoms with Crippen LogP contribution in [0.1, 0.15) is 13.3 Å². The molecule has 0 fully saturated rings. The lowest BCUT2D eigenvalue weighted by atomic mass is 10.4. The van der Waals surface area contributed by atoms with Gasteiger partial charge in [-0.2, -0.15) is 0 Å². The molecule has 0 heterocycles. The van der Waals surface area contributed by atoms with Crippen molar-refractivity contribution in [2.75, 3.05) is 31.3 Å². The highest BCUT2D eigenvalue weighted by atomic mass is 32.2. The molecule has 1 aromatic rings. The lowest BCUT2D eigenvalue weighted by Gasteiger charge is -2.06. The summed E-state index contributed by atoms with van der Waals surface area (Å²) < 4.78 is 30.6. The molecule has 1 aromatic carbocycles. The number of hydrogen-bond acceptors (Lipinski definition) is 4. The van der Waals surface area contributed by atoms with Crippen LogP contribution in [0.3, 0.4) is 0 Å². The topological polar surface area (TPSA) is 55.4 Å². The number of thioether (sulfide) groups is 1. The van der Waals surface area contributed by atoms with Gasteiger partial charge in [0, 0.05) is 17.2 Å². The summed E-state index contributed by atoms with van der Waals surface area (Å²) in [6, 6.07) is 10.1. The molecule has 0 aliphatic carbocycles. The highest BCUT2D eigenvalue weighted by Crippen LogP contribution is 2.16. The molecule has 0 radical (unpaired) electrons. The van der Waals surface area contributed by atoms with Gasteiger partial charge in [-0.05, 0) is 18.6 Å². The third-order valence-corrected chi connectivity index (χ3v) is 4.85. The van der Waals surface area contributed by atoms with Crippen LogP contribution >= 0.6 is 11.8 Å². The van der Waals surface area contributed by atoms with Gasteiger partial charge < -0.3 is 4.74 Å². The Hall–Kier alpha value is -0.560. The summed E-state index contributed by atoms with van der Waals surface area (Å²) in [5.41, 5.74) is 0. The largest absolute Gasteiger partial charge is 0.379 e. The fourth-order valence-corrected chi connectivity index (χ4v) is 3.31. The molecular weight excluding hydrogens is 282 g/mol. The number of ether oxygens (including phenoxy) is 1. The van der Waals surface area contributed by atoms with Crippen molar-refractivity contribution >= 4 is 21.8 Å². The van der Waals surface area contributed by atoms with E-state index < -0.39 is 10.0 Å². The zero-order valence-corrected chi connectivity index (χ0v) is 12.8. The van der Waals surface area contributed by atoms with Crippen molar-refractivity contribution < 1.29 is 13.2 Å². The molecule has 108 valence electrons. The van der Waals surface area contributed by atoms with E-state index in [9.17, 15) is 8.42 Å². The SMILES string of the molecule is CCCS(=O)(=O)NCCOCCSc1ccccc1. The van der Waals surface area contributed by atoms with Crippen molar-refractivity contribution in [3.63, 3.8) is 0 Å². The Morgan fingerprint density at radius 3 is 2.63 bits per heavy atom. The van der Waals surface area contributed by atoms with Crippen LogP contribution in [0, 0.1) is 0 Å². The highest BCUT2D eigenvalue weighted by molar-refractivity contribution is 7.99. The number of nitrogens with one attached hydrogen (secondary N) is 1. The van der Waals surface area contributed by atoms with E-state index in [1.807, 2.05) is 25.1 Å². The summed E-state index contributed by atoms with van der Waals surface area (Å²) in [5.74, 6) is 1.04. The maximum Gasteiger partial charge on any atom is 0.211 e. The Labute approximate surface area is 120 Å². The maximum atomic E-state index is 11.3. The predicted molar refractivity (Wildman–Crippen MR) is 80.1 cm³/mol. The maximum absolute atomic E-state index is 11.3. The quantitative estimate of drug-likeness (QED) is 0.531. The molecular formula is C13H21NO3S2. The van der Waals surface area contributed by atoms with E-state index in [0.29, 0.717) is 26.2 Å². The van der Waals surface area contributed by atoms with Crippen molar-refractivity contribution in [1.29, 1.82) is 0 Å². The predicted octanol–water partition coefficient (Wildman–Crippen LogP) is 2.12. The summed E-state index contributed by atoms with van der Waals surface area (Å²) in [4.78, 5) is 1.22. The molecule has 0 unspecified atom stereocenters. The minimum atomic E-state index is -3.10. The van der Waals surface area contributed by atoms with Crippen LogP contribution < -0.4 is 4.72 Å². The van der Waals surface area contributed by atoms with E-state index in [-0.39, 0.29) is 5.75 Å². The second-order valence-corrected chi connectivity index (χ2v) is 7.08. The van der Waals surface area contributed by atoms with Gasteiger partial charge in [0.05, 0.1) is 19.0 Å². The van der Waals surface area contributed by atoms with Gasteiger partial charge in [-0.25, -0.2) is 13.1 Å². The van der Waals surface area contributed by atoms with Crippen LogP contribution in [-0.4, -0.2) is 39.7 Å². The fourth-order valence-electron chi connectivity index (χ4n) is 1.45. The molecule has 1 rings (SSSR count). The van der Waals surface area contributed by atoms with Crippen LogP contribution in [0.4, 0.5) is 0 Å². The molecule has 0 amide bonds. The van der Waals surface area contributed by atoms with E-state index in [2.05, 4.69) is 16.9 Å². The number of sulfonamides is 1. The van der Waals surface area contributed by atoms with Crippen LogP contribution in [0.2, 0.25) is 0 Å². The second kappa shape index (κ2) is 9.36. The second-order valence-electron chi connectivity index (χ2n) is 3.99. The van der Waals surface area contributed by atoms with Gasteiger partial charge in [-0.3, -0.25) is 0 Å². The zero-order chi connectivity index (χ0) is 14.0. The first-order valence-electron chi connectivity index (χ1n) is 6.37. The first-order valence-corrected chi connectivity index (χ1v) is 9.01. The van der Waals surface area contributed by atoms with Gasteiger partial charge in [0.1, 0.15) is 0 Å². The van der Waals surface area contributed by atoms with Gasteiger partial charge >= 0.3 is 0 Å². The lowest BCUT2D eigenvalue weighted by molar-refractivity contribution is 0.155. The molecule has 1 N–H and O–H groups in total. The Balaban J connectivity index is 2.00. The average Bonchev–Trinajstić information content (AvgIpc) is 2.38. The highest BCUT2D eigenvalue weighted by Gasteiger charge is 2.06. The molecule has 0 aliphatic heterocycles. The Morgan fingerprint density at radius 1 is 1.21 bits per heavy atom. The zero-order valence-electron chi connectivity index (χ0n) is 11.2. The van der Waals surface area contributed by atoms with Crippen molar-refractivity contribution in [3.8, 4) is 0 Å². The van der Waals surface area contributed by atoms with Crippen LogP contribution in [0.15, 0.2) is 35.2 Å². The first-order chi connectivity index (χ1) is 9.14. The molecule has 0 saturated heterocycles. The fraction of sp³-hybridized carbons (Fsp3) is 0.538. The van der Waals surface area contributed by atoms with Crippen LogP contribution in [0.25, 0.3) is 0 Å². The van der Waals surface area contributed by atoms with Crippen molar-refractivity contribution in [2.24, 2.45) is 0 Å². The summed E-state index contributed by atoms with van der Waals surface area (Å²) >= 11 is 1.73. The third-order valence-electron chi connectivity index (χ3n) is 2.28.